The summed E-state index contributed by atoms with van der Waals surface area (Å²) in [6.45, 7) is 0.143. The fraction of sp³-hybridized carbons (Fsp3) is 0.222. The highest BCUT2D eigenvalue weighted by molar-refractivity contribution is 7.90. The highest BCUT2D eigenvalue weighted by atomic mass is 32.2. The monoisotopic (exact) mass is 375 g/mol. The zero-order valence-electron chi connectivity index (χ0n) is 13.8. The van der Waals surface area contributed by atoms with Crippen molar-refractivity contribution < 1.29 is 22.8 Å². The van der Waals surface area contributed by atoms with Crippen LogP contribution >= 0.6 is 0 Å². The third kappa shape index (κ3) is 4.47. The molecule has 26 heavy (non-hydrogen) atoms. The van der Waals surface area contributed by atoms with E-state index in [0.29, 0.717) is 11.3 Å². The van der Waals surface area contributed by atoms with Gasteiger partial charge in [0, 0.05) is 23.3 Å². The van der Waals surface area contributed by atoms with Crippen molar-refractivity contribution in [3.63, 3.8) is 0 Å². The largest absolute Gasteiger partial charge is 0.467 e. The molecule has 7 nitrogen and oxygen atoms in total. The first kappa shape index (κ1) is 18.1. The van der Waals surface area contributed by atoms with Crippen molar-refractivity contribution in [3.05, 3.63) is 75.3 Å². The molecular weight excluding hydrogens is 358 g/mol. The lowest BCUT2D eigenvalue weighted by Gasteiger charge is -2.20. The molecule has 0 unspecified atom stereocenters. The molecule has 0 aromatic heterocycles. The topological polar surface area (TPSA) is 95.7 Å². The number of hydrogen-bond acceptors (Lipinski definition) is 6. The Balaban J connectivity index is 1.81. The molecule has 0 N–H and O–H groups in total. The van der Waals surface area contributed by atoms with Gasteiger partial charge < -0.3 is 9.47 Å². The van der Waals surface area contributed by atoms with Crippen LogP contribution in [0.3, 0.4) is 0 Å². The molecule has 0 fully saturated rings. The van der Waals surface area contributed by atoms with Crippen LogP contribution in [0, 0.1) is 10.1 Å². The lowest BCUT2D eigenvalue weighted by Crippen LogP contribution is -2.16. The summed E-state index contributed by atoms with van der Waals surface area (Å²) in [5.41, 5.74) is 1.49. The van der Waals surface area contributed by atoms with Crippen LogP contribution in [0.15, 0.2) is 48.5 Å². The number of rotatable bonds is 6. The summed E-state index contributed by atoms with van der Waals surface area (Å²) in [5.74, 6) is -0.149. The molecule has 0 aliphatic carbocycles. The first-order chi connectivity index (χ1) is 12.4. The van der Waals surface area contributed by atoms with E-state index < -0.39 is 14.8 Å². The molecule has 2 aromatic rings. The number of benzene rings is 2. The smallest absolute Gasteiger partial charge is 0.270 e. The van der Waals surface area contributed by atoms with E-state index in [1.807, 2.05) is 30.3 Å². The molecule has 3 rings (SSSR count). The maximum absolute atomic E-state index is 12.4. The fourth-order valence-corrected chi connectivity index (χ4v) is 3.88. The van der Waals surface area contributed by atoms with Gasteiger partial charge in [0.25, 0.3) is 5.69 Å². The number of sulfone groups is 1. The summed E-state index contributed by atoms with van der Waals surface area (Å²) >= 11 is 0. The van der Waals surface area contributed by atoms with Crippen molar-refractivity contribution in [3.8, 4) is 5.75 Å². The van der Waals surface area contributed by atoms with Crippen molar-refractivity contribution in [2.24, 2.45) is 0 Å². The number of fused-ring (bicyclic) bond motifs is 1. The summed E-state index contributed by atoms with van der Waals surface area (Å²) in [7, 11) is -3.51. The first-order valence-electron chi connectivity index (χ1n) is 7.87. The highest BCUT2D eigenvalue weighted by Crippen LogP contribution is 2.33. The van der Waals surface area contributed by atoms with Crippen molar-refractivity contribution in [2.45, 2.75) is 12.4 Å². The fourth-order valence-electron chi connectivity index (χ4n) is 2.68. The molecule has 0 saturated heterocycles. The molecule has 1 aliphatic heterocycles. The van der Waals surface area contributed by atoms with Crippen molar-refractivity contribution in [2.75, 3.05) is 12.5 Å². The van der Waals surface area contributed by atoms with E-state index in [4.69, 9.17) is 9.47 Å². The number of nitrogens with zero attached hydrogens (tertiary/aromatic N) is 1. The van der Waals surface area contributed by atoms with E-state index in [9.17, 15) is 18.5 Å². The summed E-state index contributed by atoms with van der Waals surface area (Å²) in [4.78, 5) is 10.5. The maximum atomic E-state index is 12.4. The average Bonchev–Trinajstić information content (AvgIpc) is 2.62. The number of ether oxygens (including phenoxy) is 2. The van der Waals surface area contributed by atoms with Gasteiger partial charge in [-0.15, -0.1) is 0 Å². The van der Waals surface area contributed by atoms with Crippen LogP contribution in [0.5, 0.6) is 5.75 Å². The van der Waals surface area contributed by atoms with Crippen LogP contribution in [-0.2, 0) is 26.9 Å². The third-order valence-electron chi connectivity index (χ3n) is 3.82. The maximum Gasteiger partial charge on any atom is 0.270 e. The predicted molar refractivity (Wildman–Crippen MR) is 96.3 cm³/mol. The third-order valence-corrected chi connectivity index (χ3v) is 5.27. The van der Waals surface area contributed by atoms with Gasteiger partial charge in [-0.3, -0.25) is 10.1 Å². The summed E-state index contributed by atoms with van der Waals surface area (Å²) in [6.07, 6.45) is 3.29. The molecule has 1 aliphatic rings. The van der Waals surface area contributed by atoms with Gasteiger partial charge in [-0.1, -0.05) is 42.5 Å². The molecule has 0 bridgehead atoms. The van der Waals surface area contributed by atoms with Crippen molar-refractivity contribution >= 4 is 21.6 Å². The molecule has 0 amide bonds. The van der Waals surface area contributed by atoms with Crippen LogP contribution in [0.4, 0.5) is 5.69 Å². The standard InChI is InChI=1S/C18H17NO6S/c20-19(21)17-9-15-11-24-13-25-18(15)16(10-17)12-26(22,23)8-4-7-14-5-2-1-3-6-14/h1-7,9-10H,8,11-13H2/b7-4-. The molecule has 0 spiro atoms. The molecular formula is C18H17NO6S. The normalized spacial score (nSPS) is 14.0. The van der Waals surface area contributed by atoms with Gasteiger partial charge in [-0.05, 0) is 5.56 Å². The van der Waals surface area contributed by atoms with Gasteiger partial charge in [0.15, 0.2) is 16.6 Å². The summed E-state index contributed by atoms with van der Waals surface area (Å²) in [5, 5.41) is 11.1. The number of non-ortho nitro benzene ring substituents is 1. The van der Waals surface area contributed by atoms with E-state index in [1.165, 1.54) is 12.1 Å². The first-order valence-corrected chi connectivity index (χ1v) is 9.69. The predicted octanol–water partition coefficient (Wildman–Crippen LogP) is 3.09. The Morgan fingerprint density at radius 3 is 2.69 bits per heavy atom. The Morgan fingerprint density at radius 1 is 1.19 bits per heavy atom. The Bertz CT molecular complexity index is 938. The molecule has 0 atom stereocenters. The Morgan fingerprint density at radius 2 is 1.96 bits per heavy atom. The van der Waals surface area contributed by atoms with Crippen LogP contribution in [0.25, 0.3) is 6.08 Å². The van der Waals surface area contributed by atoms with Gasteiger partial charge in [0.2, 0.25) is 0 Å². The van der Waals surface area contributed by atoms with E-state index in [-0.39, 0.29) is 36.2 Å². The lowest BCUT2D eigenvalue weighted by molar-refractivity contribution is -0.385. The highest BCUT2D eigenvalue weighted by Gasteiger charge is 2.24. The van der Waals surface area contributed by atoms with E-state index in [0.717, 1.165) is 5.56 Å². The molecule has 0 radical (unpaired) electrons. The zero-order chi connectivity index (χ0) is 18.6. The molecule has 2 aromatic carbocycles. The molecule has 136 valence electrons. The van der Waals surface area contributed by atoms with E-state index in [1.54, 1.807) is 12.2 Å². The average molecular weight is 375 g/mol. The second kappa shape index (κ2) is 7.67. The summed E-state index contributed by atoms with van der Waals surface area (Å²) < 4.78 is 35.4. The van der Waals surface area contributed by atoms with Gasteiger partial charge in [0.1, 0.15) is 5.75 Å². The Kier molecular flexibility index (Phi) is 5.34. The minimum Gasteiger partial charge on any atom is -0.467 e. The van der Waals surface area contributed by atoms with E-state index in [2.05, 4.69) is 0 Å². The van der Waals surface area contributed by atoms with Crippen LogP contribution in [0.1, 0.15) is 16.7 Å². The van der Waals surface area contributed by atoms with Gasteiger partial charge in [0.05, 0.1) is 23.0 Å². The molecule has 8 heteroatoms. The van der Waals surface area contributed by atoms with Gasteiger partial charge in [-0.2, -0.15) is 0 Å². The number of nitro benzene ring substituents is 1. The van der Waals surface area contributed by atoms with Gasteiger partial charge >= 0.3 is 0 Å². The zero-order valence-corrected chi connectivity index (χ0v) is 14.6. The summed E-state index contributed by atoms with van der Waals surface area (Å²) in [6, 6.07) is 11.9. The quantitative estimate of drug-likeness (QED) is 0.569. The number of hydrogen-bond donors (Lipinski definition) is 0. The Hall–Kier alpha value is -2.71. The SMILES string of the molecule is O=[N+]([O-])c1cc2c(c(CS(=O)(=O)C/C=C\c3ccccc3)c1)OCOC2. The Labute approximate surface area is 150 Å². The second-order valence-corrected chi connectivity index (χ2v) is 7.94. The minimum atomic E-state index is -3.51. The minimum absolute atomic E-state index is 0.00817. The van der Waals surface area contributed by atoms with Crippen molar-refractivity contribution in [1.29, 1.82) is 0 Å². The molecule has 0 saturated carbocycles. The van der Waals surface area contributed by atoms with E-state index >= 15 is 0 Å². The lowest BCUT2D eigenvalue weighted by atomic mass is 10.1. The van der Waals surface area contributed by atoms with Gasteiger partial charge in [-0.25, -0.2) is 8.42 Å². The van der Waals surface area contributed by atoms with Crippen LogP contribution in [-0.4, -0.2) is 25.9 Å². The molecule has 1 heterocycles. The van der Waals surface area contributed by atoms with Crippen LogP contribution in [0.2, 0.25) is 0 Å². The van der Waals surface area contributed by atoms with Crippen LogP contribution < -0.4 is 4.74 Å². The number of nitro groups is 1. The second-order valence-electron chi connectivity index (χ2n) is 5.83. The van der Waals surface area contributed by atoms with Crippen molar-refractivity contribution in [1.82, 2.24) is 0 Å².